The molecular weight excluding hydrogens is 276 g/mol. The van der Waals surface area contributed by atoms with E-state index in [1.54, 1.807) is 4.90 Å². The molecule has 5 heteroatoms. The number of amides is 1. The van der Waals surface area contributed by atoms with E-state index in [1.807, 2.05) is 45.0 Å². The summed E-state index contributed by atoms with van der Waals surface area (Å²) in [5, 5.41) is 3.85. The first-order valence-corrected chi connectivity index (χ1v) is 6.91. The van der Waals surface area contributed by atoms with E-state index < -0.39 is 0 Å². The second-order valence-electron chi connectivity index (χ2n) is 4.79. The van der Waals surface area contributed by atoms with Gasteiger partial charge >= 0.3 is 0 Å². The highest BCUT2D eigenvalue weighted by atomic mass is 35.5. The number of carbonyl (C=O) groups is 1. The molecule has 2 rings (SSSR count). The molecule has 0 bridgehead atoms. The summed E-state index contributed by atoms with van der Waals surface area (Å²) in [6.07, 6.45) is 0. The maximum atomic E-state index is 12.2. The lowest BCUT2D eigenvalue weighted by Crippen LogP contribution is -2.32. The zero-order valence-electron chi connectivity index (χ0n) is 11.8. The Balaban J connectivity index is 2.40. The zero-order chi connectivity index (χ0) is 14.7. The minimum atomic E-state index is -0.155. The number of para-hydroxylation sites is 1. The van der Waals surface area contributed by atoms with E-state index in [0.717, 1.165) is 22.5 Å². The first-order valence-electron chi connectivity index (χ1n) is 6.37. The van der Waals surface area contributed by atoms with Crippen molar-refractivity contribution in [3.63, 3.8) is 0 Å². The Labute approximate surface area is 123 Å². The Kier molecular flexibility index (Phi) is 4.45. The Bertz CT molecular complexity index is 602. The first kappa shape index (κ1) is 14.6. The molecule has 1 amide bonds. The molecular formula is C15H17ClN2O2. The third-order valence-electron chi connectivity index (χ3n) is 3.12. The molecule has 0 fully saturated rings. The Morgan fingerprint density at radius 2 is 1.95 bits per heavy atom. The summed E-state index contributed by atoms with van der Waals surface area (Å²) in [6, 6.07) is 7.74. The lowest BCUT2D eigenvalue weighted by Gasteiger charge is -2.24. The van der Waals surface area contributed by atoms with Gasteiger partial charge in [0.05, 0.1) is 12.2 Å². The number of halogens is 1. The average Bonchev–Trinajstić information content (AvgIpc) is 2.82. The maximum Gasteiger partial charge on any atom is 0.242 e. The van der Waals surface area contributed by atoms with Crippen molar-refractivity contribution in [3.05, 3.63) is 46.8 Å². The van der Waals surface area contributed by atoms with Crippen molar-refractivity contribution >= 4 is 23.2 Å². The Morgan fingerprint density at radius 1 is 1.30 bits per heavy atom. The van der Waals surface area contributed by atoms with E-state index in [0.29, 0.717) is 12.3 Å². The van der Waals surface area contributed by atoms with Crippen LogP contribution in [0.4, 0.5) is 5.69 Å². The molecule has 1 heterocycles. The number of aromatic nitrogens is 1. The van der Waals surface area contributed by atoms with Crippen LogP contribution in [-0.4, -0.2) is 16.9 Å². The molecule has 0 N–H and O–H groups in total. The van der Waals surface area contributed by atoms with E-state index in [9.17, 15) is 4.79 Å². The lowest BCUT2D eigenvalue weighted by atomic mass is 10.1. The quantitative estimate of drug-likeness (QED) is 0.812. The van der Waals surface area contributed by atoms with E-state index in [1.165, 1.54) is 0 Å². The largest absolute Gasteiger partial charge is 0.359 e. The van der Waals surface area contributed by atoms with Crippen LogP contribution in [0.1, 0.15) is 22.6 Å². The van der Waals surface area contributed by atoms with Crippen molar-refractivity contribution in [2.45, 2.75) is 27.3 Å². The number of rotatable bonds is 4. The van der Waals surface area contributed by atoms with Gasteiger partial charge in [0.15, 0.2) is 5.76 Å². The number of nitrogens with zero attached hydrogens (tertiary/aromatic N) is 2. The second-order valence-corrected chi connectivity index (χ2v) is 5.06. The molecule has 1 aromatic heterocycles. The monoisotopic (exact) mass is 292 g/mol. The summed E-state index contributed by atoms with van der Waals surface area (Å²) in [7, 11) is 0. The average molecular weight is 293 g/mol. The van der Waals surface area contributed by atoms with Gasteiger partial charge in [-0.3, -0.25) is 4.79 Å². The van der Waals surface area contributed by atoms with Gasteiger partial charge in [-0.1, -0.05) is 23.4 Å². The summed E-state index contributed by atoms with van der Waals surface area (Å²) in [6.45, 7) is 6.13. The van der Waals surface area contributed by atoms with Crippen LogP contribution in [0.3, 0.4) is 0 Å². The number of carbonyl (C=O) groups excluding carboxylic acids is 1. The van der Waals surface area contributed by atoms with Gasteiger partial charge in [-0.05, 0) is 31.9 Å². The van der Waals surface area contributed by atoms with E-state index >= 15 is 0 Å². The zero-order valence-corrected chi connectivity index (χ0v) is 12.6. The van der Waals surface area contributed by atoms with Crippen molar-refractivity contribution in [2.24, 2.45) is 0 Å². The highest BCUT2D eigenvalue weighted by molar-refractivity contribution is 6.29. The molecule has 0 aliphatic rings. The number of hydrogen-bond donors (Lipinski definition) is 0. The lowest BCUT2D eigenvalue weighted by molar-refractivity contribution is -0.116. The van der Waals surface area contributed by atoms with E-state index in [-0.39, 0.29) is 11.8 Å². The van der Waals surface area contributed by atoms with Crippen LogP contribution >= 0.6 is 11.6 Å². The SMILES string of the molecule is Cc1cc(CN(C(=O)CCl)c2c(C)cccc2C)on1. The fourth-order valence-corrected chi connectivity index (χ4v) is 2.39. The molecule has 0 saturated carbocycles. The van der Waals surface area contributed by atoms with Crippen LogP contribution in [0.5, 0.6) is 0 Å². The molecule has 0 aliphatic heterocycles. The molecule has 1 aromatic carbocycles. The van der Waals surface area contributed by atoms with Crippen LogP contribution in [-0.2, 0) is 11.3 Å². The minimum absolute atomic E-state index is 0.0686. The van der Waals surface area contributed by atoms with Crippen LogP contribution in [0.15, 0.2) is 28.8 Å². The van der Waals surface area contributed by atoms with Crippen LogP contribution in [0.2, 0.25) is 0 Å². The molecule has 4 nitrogen and oxygen atoms in total. The summed E-state index contributed by atoms with van der Waals surface area (Å²) in [5.74, 6) is 0.419. The highest BCUT2D eigenvalue weighted by Crippen LogP contribution is 2.26. The Morgan fingerprint density at radius 3 is 2.45 bits per heavy atom. The summed E-state index contributed by atoms with van der Waals surface area (Å²) in [5.41, 5.74) is 3.73. The molecule has 2 aromatic rings. The molecule has 0 saturated heterocycles. The molecule has 0 aliphatic carbocycles. The smallest absolute Gasteiger partial charge is 0.242 e. The van der Waals surface area contributed by atoms with Crippen molar-refractivity contribution in [1.82, 2.24) is 5.16 Å². The van der Waals surface area contributed by atoms with Gasteiger partial charge in [0, 0.05) is 11.8 Å². The molecule has 20 heavy (non-hydrogen) atoms. The van der Waals surface area contributed by atoms with Gasteiger partial charge in [0.2, 0.25) is 5.91 Å². The second kappa shape index (κ2) is 6.09. The Hall–Kier alpha value is -1.81. The van der Waals surface area contributed by atoms with Gasteiger partial charge < -0.3 is 9.42 Å². The van der Waals surface area contributed by atoms with Gasteiger partial charge in [-0.25, -0.2) is 0 Å². The first-order chi connectivity index (χ1) is 9.52. The van der Waals surface area contributed by atoms with Crippen LogP contribution in [0, 0.1) is 20.8 Å². The van der Waals surface area contributed by atoms with E-state index in [4.69, 9.17) is 16.1 Å². The van der Waals surface area contributed by atoms with Crippen molar-refractivity contribution in [1.29, 1.82) is 0 Å². The molecule has 0 atom stereocenters. The predicted molar refractivity (Wildman–Crippen MR) is 79.1 cm³/mol. The number of anilines is 1. The maximum absolute atomic E-state index is 12.2. The topological polar surface area (TPSA) is 46.3 Å². The number of alkyl halides is 1. The minimum Gasteiger partial charge on any atom is -0.359 e. The molecule has 106 valence electrons. The fourth-order valence-electron chi connectivity index (χ4n) is 2.24. The van der Waals surface area contributed by atoms with Gasteiger partial charge in [0.1, 0.15) is 5.88 Å². The predicted octanol–water partition coefficient (Wildman–Crippen LogP) is 3.37. The molecule has 0 radical (unpaired) electrons. The van der Waals surface area contributed by atoms with Crippen molar-refractivity contribution < 1.29 is 9.32 Å². The third-order valence-corrected chi connectivity index (χ3v) is 3.34. The third kappa shape index (κ3) is 3.02. The summed E-state index contributed by atoms with van der Waals surface area (Å²) >= 11 is 5.74. The fraction of sp³-hybridized carbons (Fsp3) is 0.333. The highest BCUT2D eigenvalue weighted by Gasteiger charge is 2.20. The van der Waals surface area contributed by atoms with Crippen molar-refractivity contribution in [3.8, 4) is 0 Å². The number of aryl methyl sites for hydroxylation is 3. The van der Waals surface area contributed by atoms with Gasteiger partial charge in [0.25, 0.3) is 0 Å². The van der Waals surface area contributed by atoms with Gasteiger partial charge in [-0.2, -0.15) is 0 Å². The van der Waals surface area contributed by atoms with Crippen LogP contribution in [0.25, 0.3) is 0 Å². The van der Waals surface area contributed by atoms with E-state index in [2.05, 4.69) is 5.16 Å². The number of hydrogen-bond acceptors (Lipinski definition) is 3. The standard InChI is InChI=1S/C15H17ClN2O2/c1-10-5-4-6-11(2)15(10)18(14(19)8-16)9-13-7-12(3)17-20-13/h4-7H,8-9H2,1-3H3. The number of benzene rings is 1. The van der Waals surface area contributed by atoms with Crippen LogP contribution < -0.4 is 4.90 Å². The molecule has 0 unspecified atom stereocenters. The molecule has 0 spiro atoms. The normalized spacial score (nSPS) is 10.6. The van der Waals surface area contributed by atoms with Gasteiger partial charge in [-0.15, -0.1) is 11.6 Å². The summed E-state index contributed by atoms with van der Waals surface area (Å²) in [4.78, 5) is 13.8. The van der Waals surface area contributed by atoms with Crippen molar-refractivity contribution in [2.75, 3.05) is 10.8 Å². The summed E-state index contributed by atoms with van der Waals surface area (Å²) < 4.78 is 5.20.